The normalized spacial score (nSPS) is 12.3. The van der Waals surface area contributed by atoms with Crippen molar-refractivity contribution in [3.63, 3.8) is 0 Å². The number of aromatic nitrogens is 2. The minimum Gasteiger partial charge on any atom is -0.309 e. The van der Waals surface area contributed by atoms with Crippen LogP contribution in [0.1, 0.15) is 31.5 Å². The Kier molecular flexibility index (Phi) is 4.44. The van der Waals surface area contributed by atoms with Gasteiger partial charge in [-0.25, -0.2) is 0 Å². The molecule has 1 rings (SSSR count). The largest absolute Gasteiger partial charge is 0.309 e. The van der Waals surface area contributed by atoms with Crippen molar-refractivity contribution in [2.24, 2.45) is 0 Å². The summed E-state index contributed by atoms with van der Waals surface area (Å²) in [6.45, 7) is 3.00. The summed E-state index contributed by atoms with van der Waals surface area (Å²) in [6, 6.07) is 0.264. The van der Waals surface area contributed by atoms with Gasteiger partial charge in [0.25, 0.3) is 0 Å². The molecule has 0 aliphatic rings. The number of nitrogens with one attached hydrogen (secondary N) is 1. The van der Waals surface area contributed by atoms with E-state index in [1.165, 1.54) is 11.7 Å². The van der Waals surface area contributed by atoms with Crippen LogP contribution in [0.2, 0.25) is 0 Å². The molecule has 4 heteroatoms. The predicted octanol–water partition coefficient (Wildman–Crippen LogP) is 1.60. The highest BCUT2D eigenvalue weighted by Gasteiger charge is 2.11. The molecule has 1 aromatic heterocycles. The molecule has 1 unspecified atom stereocenters. The maximum absolute atomic E-state index is 5.22. The maximum Gasteiger partial charge on any atom is 0.0912 e. The summed E-state index contributed by atoms with van der Waals surface area (Å²) in [5, 5.41) is 3.33. The van der Waals surface area contributed by atoms with Crippen LogP contribution in [0.4, 0.5) is 0 Å². The van der Waals surface area contributed by atoms with Gasteiger partial charge >= 0.3 is 0 Å². The monoisotopic (exact) mass is 195 g/mol. The molecule has 0 saturated carbocycles. The zero-order chi connectivity index (χ0) is 9.52. The van der Waals surface area contributed by atoms with Crippen LogP contribution in [-0.2, 0) is 0 Å². The first-order chi connectivity index (χ1) is 6.38. The van der Waals surface area contributed by atoms with Crippen LogP contribution in [0, 0.1) is 12.3 Å². The van der Waals surface area contributed by atoms with Gasteiger partial charge in [-0.1, -0.05) is 6.92 Å². The van der Waals surface area contributed by atoms with E-state index in [0.29, 0.717) is 0 Å². The summed E-state index contributed by atoms with van der Waals surface area (Å²) in [5.74, 6) is 2.63. The fraction of sp³-hybridized carbons (Fsp3) is 0.556. The summed E-state index contributed by atoms with van der Waals surface area (Å²) >= 11 is 1.24. The van der Waals surface area contributed by atoms with Gasteiger partial charge in [0.05, 0.1) is 29.7 Å². The fourth-order valence-corrected chi connectivity index (χ4v) is 1.62. The lowest BCUT2D eigenvalue weighted by molar-refractivity contribution is 0.514. The molecule has 0 aromatic carbocycles. The van der Waals surface area contributed by atoms with Crippen molar-refractivity contribution in [1.29, 1.82) is 0 Å². The highest BCUT2D eigenvalue weighted by molar-refractivity contribution is 6.99. The molecule has 0 fully saturated rings. The molecule has 0 aliphatic heterocycles. The minimum absolute atomic E-state index is 0.264. The second kappa shape index (κ2) is 5.68. The Labute approximate surface area is 82.9 Å². The molecule has 1 aromatic rings. The van der Waals surface area contributed by atoms with Crippen LogP contribution in [-0.4, -0.2) is 15.3 Å². The molecule has 0 aliphatic carbocycles. The van der Waals surface area contributed by atoms with E-state index < -0.39 is 0 Å². The SMILES string of the molecule is C#CCCC(NCC)c1cnsn1. The number of hydrogen-bond acceptors (Lipinski definition) is 4. The molecule has 0 saturated heterocycles. The first-order valence-corrected chi connectivity index (χ1v) is 5.05. The van der Waals surface area contributed by atoms with Gasteiger partial charge in [-0.2, -0.15) is 8.75 Å². The zero-order valence-corrected chi connectivity index (χ0v) is 8.47. The smallest absolute Gasteiger partial charge is 0.0912 e. The lowest BCUT2D eigenvalue weighted by atomic mass is 10.1. The predicted molar refractivity (Wildman–Crippen MR) is 54.4 cm³/mol. The Morgan fingerprint density at radius 3 is 3.15 bits per heavy atom. The standard InChI is InChI=1S/C9H13N3S/c1-3-5-6-8(10-4-2)9-7-11-13-12-9/h1,7-8,10H,4-6H2,2H3. The molecule has 3 nitrogen and oxygen atoms in total. The van der Waals surface area contributed by atoms with E-state index in [-0.39, 0.29) is 6.04 Å². The third-order valence-corrected chi connectivity index (χ3v) is 2.26. The lowest BCUT2D eigenvalue weighted by Crippen LogP contribution is -2.20. The van der Waals surface area contributed by atoms with Gasteiger partial charge in [0.2, 0.25) is 0 Å². The van der Waals surface area contributed by atoms with Gasteiger partial charge < -0.3 is 5.32 Å². The van der Waals surface area contributed by atoms with Crippen LogP contribution in [0.25, 0.3) is 0 Å². The Hall–Kier alpha value is -0.920. The van der Waals surface area contributed by atoms with Crippen molar-refractivity contribution in [3.8, 4) is 12.3 Å². The van der Waals surface area contributed by atoms with Crippen molar-refractivity contribution in [1.82, 2.24) is 14.1 Å². The van der Waals surface area contributed by atoms with Crippen LogP contribution in [0.5, 0.6) is 0 Å². The summed E-state index contributed by atoms with van der Waals surface area (Å²) in [6.07, 6.45) is 8.71. The van der Waals surface area contributed by atoms with Gasteiger partial charge in [-0.15, -0.1) is 12.3 Å². The van der Waals surface area contributed by atoms with Gasteiger partial charge in [0.1, 0.15) is 0 Å². The van der Waals surface area contributed by atoms with Crippen molar-refractivity contribution >= 4 is 11.7 Å². The molecule has 0 radical (unpaired) electrons. The van der Waals surface area contributed by atoms with Crippen LogP contribution in [0.3, 0.4) is 0 Å². The number of rotatable bonds is 5. The molecule has 0 spiro atoms. The Bertz CT molecular complexity index is 263. The molecular weight excluding hydrogens is 182 g/mol. The Balaban J connectivity index is 2.53. The van der Waals surface area contributed by atoms with Gasteiger partial charge in [-0.3, -0.25) is 0 Å². The maximum atomic E-state index is 5.22. The quantitative estimate of drug-likeness (QED) is 0.725. The highest BCUT2D eigenvalue weighted by Crippen LogP contribution is 2.15. The van der Waals surface area contributed by atoms with E-state index in [9.17, 15) is 0 Å². The number of terminal acetylenes is 1. The third-order valence-electron chi connectivity index (χ3n) is 1.76. The van der Waals surface area contributed by atoms with E-state index in [0.717, 1.165) is 25.1 Å². The summed E-state index contributed by atoms with van der Waals surface area (Å²) < 4.78 is 8.16. The van der Waals surface area contributed by atoms with Crippen molar-refractivity contribution in [2.75, 3.05) is 6.54 Å². The van der Waals surface area contributed by atoms with Crippen molar-refractivity contribution in [3.05, 3.63) is 11.9 Å². The molecule has 1 heterocycles. The minimum atomic E-state index is 0.264. The third kappa shape index (κ3) is 3.13. The Morgan fingerprint density at radius 1 is 1.77 bits per heavy atom. The summed E-state index contributed by atoms with van der Waals surface area (Å²) in [4.78, 5) is 0. The molecular formula is C9H13N3S. The summed E-state index contributed by atoms with van der Waals surface area (Å²) in [7, 11) is 0. The van der Waals surface area contributed by atoms with E-state index in [2.05, 4.69) is 26.9 Å². The van der Waals surface area contributed by atoms with E-state index in [4.69, 9.17) is 6.42 Å². The van der Waals surface area contributed by atoms with Gasteiger partial charge in [-0.05, 0) is 13.0 Å². The van der Waals surface area contributed by atoms with Gasteiger partial charge in [0.15, 0.2) is 0 Å². The first-order valence-electron chi connectivity index (χ1n) is 4.32. The van der Waals surface area contributed by atoms with E-state index in [1.54, 1.807) is 6.20 Å². The molecule has 1 atom stereocenters. The Morgan fingerprint density at radius 2 is 2.62 bits per heavy atom. The molecule has 13 heavy (non-hydrogen) atoms. The van der Waals surface area contributed by atoms with E-state index >= 15 is 0 Å². The fourth-order valence-electron chi connectivity index (χ4n) is 1.15. The number of nitrogens with zero attached hydrogens (tertiary/aromatic N) is 2. The highest BCUT2D eigenvalue weighted by atomic mass is 32.1. The van der Waals surface area contributed by atoms with Crippen LogP contribution >= 0.6 is 11.7 Å². The van der Waals surface area contributed by atoms with Crippen LogP contribution < -0.4 is 5.32 Å². The van der Waals surface area contributed by atoms with Crippen molar-refractivity contribution < 1.29 is 0 Å². The number of hydrogen-bond donors (Lipinski definition) is 1. The lowest BCUT2D eigenvalue weighted by Gasteiger charge is -2.12. The molecule has 70 valence electrons. The van der Waals surface area contributed by atoms with Gasteiger partial charge in [0, 0.05) is 6.42 Å². The average Bonchev–Trinajstić information content (AvgIpc) is 2.65. The molecule has 1 N–H and O–H groups in total. The summed E-state index contributed by atoms with van der Waals surface area (Å²) in [5.41, 5.74) is 1.00. The van der Waals surface area contributed by atoms with Crippen molar-refractivity contribution in [2.45, 2.75) is 25.8 Å². The first kappa shape index (κ1) is 10.2. The zero-order valence-electron chi connectivity index (χ0n) is 7.66. The second-order valence-electron chi connectivity index (χ2n) is 2.69. The van der Waals surface area contributed by atoms with E-state index in [1.807, 2.05) is 0 Å². The molecule has 0 bridgehead atoms. The second-order valence-corrected chi connectivity index (χ2v) is 3.24. The van der Waals surface area contributed by atoms with Crippen LogP contribution in [0.15, 0.2) is 6.20 Å². The topological polar surface area (TPSA) is 37.8 Å². The molecule has 0 amide bonds. The average molecular weight is 195 g/mol.